The molecule has 0 radical (unpaired) electrons. The molecule has 2 aliphatic heterocycles. The second-order valence-electron chi connectivity index (χ2n) is 10.4. The number of H-pyrrole nitrogens is 1. The van der Waals surface area contributed by atoms with Crippen LogP contribution < -0.4 is 10.5 Å². The van der Waals surface area contributed by atoms with Crippen LogP contribution in [0, 0.1) is 11.7 Å². The summed E-state index contributed by atoms with van der Waals surface area (Å²) < 4.78 is 62.5. The number of carbonyl (C=O) groups is 1. The molecule has 2 unspecified atom stereocenters. The average molecular weight is 533 g/mol. The maximum absolute atomic E-state index is 15.4. The fourth-order valence-corrected chi connectivity index (χ4v) is 6.50. The van der Waals surface area contributed by atoms with Crippen LogP contribution in [0.5, 0.6) is 5.75 Å². The Labute approximate surface area is 216 Å². The number of nitrogens with two attached hydrogens (primary N) is 1. The molecule has 38 heavy (non-hydrogen) atoms. The van der Waals surface area contributed by atoms with Crippen molar-refractivity contribution < 1.29 is 31.8 Å². The van der Waals surface area contributed by atoms with E-state index in [9.17, 15) is 18.0 Å². The first-order chi connectivity index (χ1) is 18.2. The highest BCUT2D eigenvalue weighted by molar-refractivity contribution is 5.99. The van der Waals surface area contributed by atoms with Crippen LogP contribution in [-0.4, -0.2) is 53.4 Å². The highest BCUT2D eigenvalue weighted by atomic mass is 19.4. The summed E-state index contributed by atoms with van der Waals surface area (Å²) in [5.74, 6) is -0.540. The van der Waals surface area contributed by atoms with E-state index in [0.717, 1.165) is 49.1 Å². The Balaban J connectivity index is 1.23. The minimum atomic E-state index is -4.85. The molecule has 0 bridgehead atoms. The van der Waals surface area contributed by atoms with Gasteiger partial charge in [-0.15, -0.1) is 13.2 Å². The number of hydrogen-bond donors (Lipinski definition) is 2. The summed E-state index contributed by atoms with van der Waals surface area (Å²) in [5.41, 5.74) is 9.62. The number of ether oxygens (including phenoxy) is 2. The third-order valence-corrected chi connectivity index (χ3v) is 8.22. The van der Waals surface area contributed by atoms with Gasteiger partial charge in [0.1, 0.15) is 17.2 Å². The molecule has 1 aliphatic carbocycles. The number of amides is 1. The summed E-state index contributed by atoms with van der Waals surface area (Å²) in [6.07, 6.45) is 0.361. The number of halogens is 4. The summed E-state index contributed by atoms with van der Waals surface area (Å²) in [4.78, 5) is 22.6. The number of likely N-dealkylation sites (tertiary alicyclic amines) is 1. The Morgan fingerprint density at radius 2 is 1.95 bits per heavy atom. The molecule has 7 nitrogen and oxygen atoms in total. The Bertz CT molecular complexity index is 1380. The number of nitrogens with zero attached hydrogens (tertiary/aromatic N) is 2. The Morgan fingerprint density at radius 3 is 2.68 bits per heavy atom. The molecule has 3 N–H and O–H groups in total. The monoisotopic (exact) mass is 532 g/mol. The number of aryl methyl sites for hydroxylation is 1. The number of benzene rings is 1. The molecule has 0 saturated carbocycles. The number of aromatic amines is 1. The lowest BCUT2D eigenvalue weighted by Crippen LogP contribution is -2.38. The summed E-state index contributed by atoms with van der Waals surface area (Å²) in [6.45, 7) is 2.17. The second-order valence-corrected chi connectivity index (χ2v) is 10.4. The largest absolute Gasteiger partial charge is 0.573 e. The van der Waals surface area contributed by atoms with Gasteiger partial charge in [0.25, 0.3) is 5.91 Å². The van der Waals surface area contributed by atoms with Gasteiger partial charge in [0.2, 0.25) is 0 Å². The third kappa shape index (κ3) is 4.46. The van der Waals surface area contributed by atoms with Crippen LogP contribution in [0.2, 0.25) is 0 Å². The molecule has 2 aromatic heterocycles. The van der Waals surface area contributed by atoms with Gasteiger partial charge in [0.15, 0.2) is 0 Å². The molecule has 0 spiro atoms. The molecule has 3 aromatic rings. The molecule has 1 amide bonds. The number of alkyl halides is 3. The van der Waals surface area contributed by atoms with Crippen molar-refractivity contribution in [2.75, 3.05) is 32.0 Å². The second kappa shape index (κ2) is 9.44. The van der Waals surface area contributed by atoms with E-state index in [4.69, 9.17) is 10.5 Å². The number of aromatic nitrogens is 2. The molecule has 6 rings (SSSR count). The van der Waals surface area contributed by atoms with Gasteiger partial charge in [0, 0.05) is 54.7 Å². The highest BCUT2D eigenvalue weighted by Crippen LogP contribution is 2.47. The van der Waals surface area contributed by atoms with E-state index in [-0.39, 0.29) is 28.9 Å². The van der Waals surface area contributed by atoms with Crippen molar-refractivity contribution in [2.24, 2.45) is 5.92 Å². The summed E-state index contributed by atoms with van der Waals surface area (Å²) in [6, 6.07) is 3.31. The lowest BCUT2D eigenvalue weighted by atomic mass is 9.73. The SMILES string of the molecule is Nc1cc(OC(F)(F)F)ccc1C(=O)N1CCC(c2c(F)cnc3[nH]c4c(c23)C2CCOCC2CC4)CC1. The van der Waals surface area contributed by atoms with Crippen LogP contribution in [0.15, 0.2) is 24.4 Å². The number of anilines is 1. The fraction of sp³-hybridized carbons (Fsp3) is 0.481. The molecular formula is C27H28F4N4O3. The number of nitrogen functional groups attached to an aromatic ring is 1. The zero-order chi connectivity index (χ0) is 26.6. The van der Waals surface area contributed by atoms with Gasteiger partial charge in [-0.1, -0.05) is 0 Å². The smallest absolute Gasteiger partial charge is 0.406 e. The topological polar surface area (TPSA) is 93.5 Å². The normalized spacial score (nSPS) is 22.3. The van der Waals surface area contributed by atoms with Gasteiger partial charge >= 0.3 is 6.36 Å². The first-order valence-electron chi connectivity index (χ1n) is 12.9. The molecule has 202 valence electrons. The van der Waals surface area contributed by atoms with E-state index >= 15 is 4.39 Å². The maximum atomic E-state index is 15.4. The van der Waals surface area contributed by atoms with Crippen LogP contribution in [0.3, 0.4) is 0 Å². The number of nitrogens with one attached hydrogen (secondary N) is 1. The molecule has 2 atom stereocenters. The summed E-state index contributed by atoms with van der Waals surface area (Å²) >= 11 is 0. The van der Waals surface area contributed by atoms with E-state index in [1.165, 1.54) is 17.8 Å². The molecular weight excluding hydrogens is 504 g/mol. The number of hydrogen-bond acceptors (Lipinski definition) is 5. The fourth-order valence-electron chi connectivity index (χ4n) is 6.50. The maximum Gasteiger partial charge on any atom is 0.573 e. The number of fused-ring (bicyclic) bond motifs is 5. The first kappa shape index (κ1) is 25.0. The highest BCUT2D eigenvalue weighted by Gasteiger charge is 2.38. The third-order valence-electron chi connectivity index (χ3n) is 8.22. The number of rotatable bonds is 3. The van der Waals surface area contributed by atoms with Gasteiger partial charge < -0.3 is 25.1 Å². The van der Waals surface area contributed by atoms with Crippen LogP contribution in [0.4, 0.5) is 23.2 Å². The van der Waals surface area contributed by atoms with Crippen LogP contribution in [0.1, 0.15) is 64.7 Å². The van der Waals surface area contributed by atoms with Gasteiger partial charge in [0.05, 0.1) is 11.8 Å². The zero-order valence-corrected chi connectivity index (χ0v) is 20.6. The van der Waals surface area contributed by atoms with Crippen molar-refractivity contribution in [1.82, 2.24) is 14.9 Å². The van der Waals surface area contributed by atoms with Gasteiger partial charge in [-0.05, 0) is 67.6 Å². The number of piperidine rings is 1. The van der Waals surface area contributed by atoms with Crippen molar-refractivity contribution >= 4 is 22.6 Å². The van der Waals surface area contributed by atoms with Gasteiger partial charge in [-0.2, -0.15) is 0 Å². The van der Waals surface area contributed by atoms with Crippen molar-refractivity contribution in [2.45, 2.75) is 50.3 Å². The van der Waals surface area contributed by atoms with Gasteiger partial charge in [-0.3, -0.25) is 4.79 Å². The Hall–Kier alpha value is -3.34. The predicted octanol–water partition coefficient (Wildman–Crippen LogP) is 5.27. The quantitative estimate of drug-likeness (QED) is 0.354. The van der Waals surface area contributed by atoms with Gasteiger partial charge in [-0.25, -0.2) is 9.37 Å². The molecule has 2 fully saturated rings. The molecule has 1 aromatic carbocycles. The first-order valence-corrected chi connectivity index (χ1v) is 12.9. The Morgan fingerprint density at radius 1 is 1.16 bits per heavy atom. The standard InChI is InChI=1S/C27H28F4N4O3/c28-19-12-33-25-24(23-17-7-10-37-13-15(17)1-4-21(23)34-25)22(19)14-5-8-35(9-6-14)26(36)18-3-2-16(11-20(18)32)38-27(29,30)31/h2-3,11-12,14-15,17H,1,4-10,13,32H2,(H,33,34). The van der Waals surface area contributed by atoms with Crippen molar-refractivity contribution in [3.8, 4) is 5.75 Å². The van der Waals surface area contributed by atoms with E-state index in [0.29, 0.717) is 55.6 Å². The van der Waals surface area contributed by atoms with Crippen LogP contribution in [-0.2, 0) is 11.2 Å². The Kier molecular flexibility index (Phi) is 6.20. The van der Waals surface area contributed by atoms with Crippen molar-refractivity contribution in [1.29, 1.82) is 0 Å². The lowest BCUT2D eigenvalue weighted by molar-refractivity contribution is -0.274. The van der Waals surface area contributed by atoms with E-state index in [1.807, 2.05) is 0 Å². The van der Waals surface area contributed by atoms with Crippen molar-refractivity contribution in [3.05, 3.63) is 52.6 Å². The predicted molar refractivity (Wildman–Crippen MR) is 131 cm³/mol. The van der Waals surface area contributed by atoms with Crippen LogP contribution in [0.25, 0.3) is 11.0 Å². The molecule has 2 saturated heterocycles. The number of pyridine rings is 1. The number of carbonyl (C=O) groups excluding carboxylic acids is 1. The summed E-state index contributed by atoms with van der Waals surface area (Å²) in [5, 5.41) is 0.894. The minimum Gasteiger partial charge on any atom is -0.406 e. The molecule has 3 aliphatic rings. The van der Waals surface area contributed by atoms with E-state index < -0.39 is 12.1 Å². The lowest BCUT2D eigenvalue weighted by Gasteiger charge is -2.36. The van der Waals surface area contributed by atoms with E-state index in [1.54, 1.807) is 4.90 Å². The summed E-state index contributed by atoms with van der Waals surface area (Å²) in [7, 11) is 0. The van der Waals surface area contributed by atoms with E-state index in [2.05, 4.69) is 14.7 Å². The molecule has 4 heterocycles. The molecule has 11 heteroatoms. The van der Waals surface area contributed by atoms with Crippen LogP contribution >= 0.6 is 0 Å². The van der Waals surface area contributed by atoms with Crippen molar-refractivity contribution in [3.63, 3.8) is 0 Å². The average Bonchev–Trinajstić information content (AvgIpc) is 3.27. The minimum absolute atomic E-state index is 0.0919. The zero-order valence-electron chi connectivity index (χ0n) is 20.6.